The first-order chi connectivity index (χ1) is 9.56. The van der Waals surface area contributed by atoms with E-state index in [1.54, 1.807) is 16.9 Å². The van der Waals surface area contributed by atoms with E-state index >= 15 is 0 Å². The predicted octanol–water partition coefficient (Wildman–Crippen LogP) is 2.87. The molecule has 0 radical (unpaired) electrons. The van der Waals surface area contributed by atoms with Crippen LogP contribution < -0.4 is 5.73 Å². The van der Waals surface area contributed by atoms with Gasteiger partial charge in [0.15, 0.2) is 0 Å². The van der Waals surface area contributed by atoms with Crippen molar-refractivity contribution in [3.63, 3.8) is 0 Å². The topological polar surface area (TPSA) is 61.7 Å². The lowest BCUT2D eigenvalue weighted by atomic mass is 10.2. The van der Waals surface area contributed by atoms with Gasteiger partial charge in [-0.15, -0.1) is 0 Å². The van der Waals surface area contributed by atoms with E-state index in [0.717, 1.165) is 0 Å². The summed E-state index contributed by atoms with van der Waals surface area (Å²) in [5, 5.41) is 4.22. The van der Waals surface area contributed by atoms with Crippen molar-refractivity contribution in [1.82, 2.24) is 19.3 Å². The average Bonchev–Trinajstić information content (AvgIpc) is 2.97. The number of nitrogen functional groups attached to an aromatic ring is 1. The highest BCUT2D eigenvalue weighted by Gasteiger charge is 2.16. The standard InChI is InChI=1S/C13H13ClFN5/c1-8(7-19-4-2-3-17-19)20-12-5-9(14)10(15)6-11(12)18-13(20)16/h2-6,8H,7H2,1H3,(H2,16,18). The van der Waals surface area contributed by atoms with E-state index in [1.165, 1.54) is 6.07 Å². The van der Waals surface area contributed by atoms with Gasteiger partial charge in [-0.3, -0.25) is 4.68 Å². The Morgan fingerprint density at radius 2 is 2.25 bits per heavy atom. The number of nitrogens with zero attached hydrogens (tertiary/aromatic N) is 4. The lowest BCUT2D eigenvalue weighted by molar-refractivity contribution is 0.449. The molecule has 104 valence electrons. The van der Waals surface area contributed by atoms with Crippen LogP contribution in [0.2, 0.25) is 5.02 Å². The zero-order valence-corrected chi connectivity index (χ0v) is 11.5. The second kappa shape index (κ2) is 4.79. The number of benzene rings is 1. The summed E-state index contributed by atoms with van der Waals surface area (Å²) in [4.78, 5) is 4.18. The van der Waals surface area contributed by atoms with Gasteiger partial charge in [0, 0.05) is 18.5 Å². The van der Waals surface area contributed by atoms with Crippen molar-refractivity contribution in [3.8, 4) is 0 Å². The van der Waals surface area contributed by atoms with E-state index < -0.39 is 5.82 Å². The highest BCUT2D eigenvalue weighted by Crippen LogP contribution is 2.28. The molecule has 0 saturated carbocycles. The lowest BCUT2D eigenvalue weighted by Gasteiger charge is -2.16. The van der Waals surface area contributed by atoms with Crippen molar-refractivity contribution >= 4 is 28.6 Å². The molecule has 1 atom stereocenters. The Morgan fingerprint density at radius 1 is 1.45 bits per heavy atom. The van der Waals surface area contributed by atoms with Gasteiger partial charge in [0.25, 0.3) is 0 Å². The maximum Gasteiger partial charge on any atom is 0.201 e. The van der Waals surface area contributed by atoms with Crippen molar-refractivity contribution in [2.24, 2.45) is 0 Å². The molecule has 0 fully saturated rings. The SMILES string of the molecule is CC(Cn1cccn1)n1c(N)nc2cc(F)c(Cl)cc21. The Hall–Kier alpha value is -2.08. The van der Waals surface area contributed by atoms with E-state index in [4.69, 9.17) is 17.3 Å². The Labute approximate surface area is 119 Å². The number of imidazole rings is 1. The Balaban J connectivity index is 2.06. The van der Waals surface area contributed by atoms with Gasteiger partial charge in [-0.2, -0.15) is 5.10 Å². The van der Waals surface area contributed by atoms with Gasteiger partial charge in [-0.25, -0.2) is 9.37 Å². The highest BCUT2D eigenvalue weighted by molar-refractivity contribution is 6.31. The number of aromatic nitrogens is 4. The summed E-state index contributed by atoms with van der Waals surface area (Å²) < 4.78 is 17.1. The molecule has 20 heavy (non-hydrogen) atoms. The fraction of sp³-hybridized carbons (Fsp3) is 0.231. The lowest BCUT2D eigenvalue weighted by Crippen LogP contribution is -2.15. The van der Waals surface area contributed by atoms with Gasteiger partial charge in [0.05, 0.1) is 28.6 Å². The van der Waals surface area contributed by atoms with E-state index in [2.05, 4.69) is 10.1 Å². The molecular formula is C13H13ClFN5. The third kappa shape index (κ3) is 2.12. The maximum absolute atomic E-state index is 13.5. The summed E-state index contributed by atoms with van der Waals surface area (Å²) >= 11 is 5.84. The number of nitrogens with two attached hydrogens (primary N) is 1. The monoisotopic (exact) mass is 293 g/mol. The molecule has 7 heteroatoms. The van der Waals surface area contributed by atoms with Crippen LogP contribution >= 0.6 is 11.6 Å². The molecule has 0 saturated heterocycles. The zero-order valence-electron chi connectivity index (χ0n) is 10.8. The first-order valence-corrected chi connectivity index (χ1v) is 6.54. The molecule has 0 amide bonds. The van der Waals surface area contributed by atoms with Crippen LogP contribution in [0.1, 0.15) is 13.0 Å². The molecular weight excluding hydrogens is 281 g/mol. The Morgan fingerprint density at radius 3 is 2.95 bits per heavy atom. The highest BCUT2D eigenvalue weighted by atomic mass is 35.5. The Bertz CT molecular complexity index is 750. The quantitative estimate of drug-likeness (QED) is 0.807. The number of rotatable bonds is 3. The molecule has 5 nitrogen and oxygen atoms in total. The molecule has 1 aromatic carbocycles. The minimum Gasteiger partial charge on any atom is -0.369 e. The molecule has 2 N–H and O–H groups in total. The summed E-state index contributed by atoms with van der Waals surface area (Å²) in [6.45, 7) is 2.63. The molecule has 0 aliphatic heterocycles. The smallest absolute Gasteiger partial charge is 0.201 e. The van der Waals surface area contributed by atoms with Crippen LogP contribution in [0.3, 0.4) is 0 Å². The summed E-state index contributed by atoms with van der Waals surface area (Å²) in [6.07, 6.45) is 3.59. The molecule has 0 spiro atoms. The van der Waals surface area contributed by atoms with E-state index in [1.807, 2.05) is 23.8 Å². The van der Waals surface area contributed by atoms with Crippen LogP contribution in [0.25, 0.3) is 11.0 Å². The molecule has 0 aliphatic rings. The van der Waals surface area contributed by atoms with E-state index in [0.29, 0.717) is 23.5 Å². The van der Waals surface area contributed by atoms with Crippen molar-refractivity contribution in [2.75, 3.05) is 5.73 Å². The summed E-state index contributed by atoms with van der Waals surface area (Å²) in [7, 11) is 0. The number of anilines is 1. The molecule has 0 aliphatic carbocycles. The van der Waals surface area contributed by atoms with Crippen LogP contribution in [-0.2, 0) is 6.54 Å². The second-order valence-electron chi connectivity index (χ2n) is 4.67. The van der Waals surface area contributed by atoms with Gasteiger partial charge in [0.2, 0.25) is 5.95 Å². The van der Waals surface area contributed by atoms with Crippen LogP contribution in [0, 0.1) is 5.82 Å². The maximum atomic E-state index is 13.5. The molecule has 3 aromatic rings. The number of halogens is 2. The summed E-state index contributed by atoms with van der Waals surface area (Å²) in [5.41, 5.74) is 7.15. The minimum atomic E-state index is -0.497. The fourth-order valence-electron chi connectivity index (χ4n) is 2.33. The number of hydrogen-bond donors (Lipinski definition) is 1. The molecule has 2 aromatic heterocycles. The number of hydrogen-bond acceptors (Lipinski definition) is 3. The second-order valence-corrected chi connectivity index (χ2v) is 5.08. The van der Waals surface area contributed by atoms with Crippen molar-refractivity contribution in [1.29, 1.82) is 0 Å². The third-order valence-corrected chi connectivity index (χ3v) is 3.50. The van der Waals surface area contributed by atoms with Crippen LogP contribution in [-0.4, -0.2) is 19.3 Å². The minimum absolute atomic E-state index is 0.0152. The zero-order chi connectivity index (χ0) is 14.3. The van der Waals surface area contributed by atoms with E-state index in [9.17, 15) is 4.39 Å². The average molecular weight is 294 g/mol. The normalized spacial score (nSPS) is 12.9. The first kappa shape index (κ1) is 12.9. The molecule has 1 unspecified atom stereocenters. The third-order valence-electron chi connectivity index (χ3n) is 3.21. The molecule has 3 rings (SSSR count). The largest absolute Gasteiger partial charge is 0.369 e. The fourth-order valence-corrected chi connectivity index (χ4v) is 2.49. The van der Waals surface area contributed by atoms with Crippen LogP contribution in [0.5, 0.6) is 0 Å². The Kier molecular flexibility index (Phi) is 3.10. The van der Waals surface area contributed by atoms with Crippen LogP contribution in [0.15, 0.2) is 30.6 Å². The van der Waals surface area contributed by atoms with Crippen molar-refractivity contribution in [3.05, 3.63) is 41.4 Å². The van der Waals surface area contributed by atoms with Crippen molar-refractivity contribution < 1.29 is 4.39 Å². The summed E-state index contributed by atoms with van der Waals surface area (Å²) in [5.74, 6) is -0.162. The van der Waals surface area contributed by atoms with Crippen molar-refractivity contribution in [2.45, 2.75) is 19.5 Å². The molecule has 0 bridgehead atoms. The predicted molar refractivity (Wildman–Crippen MR) is 76.1 cm³/mol. The van der Waals surface area contributed by atoms with Gasteiger partial charge in [0.1, 0.15) is 5.82 Å². The molecule has 2 heterocycles. The summed E-state index contributed by atoms with van der Waals surface area (Å²) in [6, 6.07) is 4.72. The van der Waals surface area contributed by atoms with Gasteiger partial charge in [-0.05, 0) is 19.1 Å². The van der Waals surface area contributed by atoms with Gasteiger partial charge >= 0.3 is 0 Å². The van der Waals surface area contributed by atoms with Crippen LogP contribution in [0.4, 0.5) is 10.3 Å². The van der Waals surface area contributed by atoms with E-state index in [-0.39, 0.29) is 11.1 Å². The van der Waals surface area contributed by atoms with Gasteiger partial charge < -0.3 is 10.3 Å². The van der Waals surface area contributed by atoms with Gasteiger partial charge in [-0.1, -0.05) is 11.6 Å². The number of fused-ring (bicyclic) bond motifs is 1. The first-order valence-electron chi connectivity index (χ1n) is 6.16.